The van der Waals surface area contributed by atoms with Crippen LogP contribution in [0.4, 0.5) is 0 Å². The predicted octanol–water partition coefficient (Wildman–Crippen LogP) is 4.55. The number of rotatable bonds is 1. The average Bonchev–Trinajstić information content (AvgIpc) is 2.91. The van der Waals surface area contributed by atoms with Gasteiger partial charge in [-0.3, -0.25) is 5.10 Å². The minimum atomic E-state index is 0.214. The fourth-order valence-corrected chi connectivity index (χ4v) is 3.16. The molecule has 0 fully saturated rings. The van der Waals surface area contributed by atoms with Gasteiger partial charge in [-0.1, -0.05) is 24.3 Å². The van der Waals surface area contributed by atoms with E-state index in [2.05, 4.69) is 38.3 Å². The highest BCUT2D eigenvalue weighted by molar-refractivity contribution is 9.10. The Hall–Kier alpha value is -2.40. The first-order valence-electron chi connectivity index (χ1n) is 6.87. The lowest BCUT2D eigenvalue weighted by molar-refractivity contribution is 0.472. The normalized spacial score (nSPS) is 11.4. The van der Waals surface area contributed by atoms with Crippen molar-refractivity contribution in [2.45, 2.75) is 6.92 Å². The van der Waals surface area contributed by atoms with Crippen LogP contribution in [0, 0.1) is 6.92 Å². The number of aromatic nitrogens is 3. The Balaban J connectivity index is 2.13. The number of nitrogens with zero attached hydrogens (tertiary/aromatic N) is 2. The highest BCUT2D eigenvalue weighted by atomic mass is 79.9. The molecule has 22 heavy (non-hydrogen) atoms. The summed E-state index contributed by atoms with van der Waals surface area (Å²) in [7, 11) is 0. The Morgan fingerprint density at radius 3 is 2.64 bits per heavy atom. The Morgan fingerprint density at radius 2 is 1.86 bits per heavy atom. The van der Waals surface area contributed by atoms with Gasteiger partial charge in [-0.2, -0.15) is 5.10 Å². The van der Waals surface area contributed by atoms with Crippen LogP contribution in [-0.2, 0) is 0 Å². The summed E-state index contributed by atoms with van der Waals surface area (Å²) in [5.74, 6) is 0.214. The Labute approximate surface area is 134 Å². The van der Waals surface area contributed by atoms with Gasteiger partial charge < -0.3 is 5.11 Å². The van der Waals surface area contributed by atoms with E-state index in [1.807, 2.05) is 31.2 Å². The van der Waals surface area contributed by atoms with Crippen LogP contribution in [0.15, 0.2) is 46.9 Å². The number of aryl methyl sites for hydroxylation is 1. The molecule has 0 amide bonds. The molecule has 2 aromatic carbocycles. The van der Waals surface area contributed by atoms with Crippen LogP contribution in [0.1, 0.15) is 5.69 Å². The van der Waals surface area contributed by atoms with E-state index >= 15 is 0 Å². The fraction of sp³-hybridized carbons (Fsp3) is 0.0588. The molecule has 0 aliphatic rings. The van der Waals surface area contributed by atoms with Gasteiger partial charge in [0.25, 0.3) is 0 Å². The second-order valence-electron chi connectivity index (χ2n) is 5.20. The monoisotopic (exact) mass is 353 g/mol. The molecule has 0 bridgehead atoms. The molecule has 4 aromatic rings. The van der Waals surface area contributed by atoms with E-state index in [9.17, 15) is 5.11 Å². The summed E-state index contributed by atoms with van der Waals surface area (Å²) in [5, 5.41) is 20.2. The smallest absolute Gasteiger partial charge is 0.156 e. The van der Waals surface area contributed by atoms with Crippen LogP contribution < -0.4 is 0 Å². The number of nitrogens with one attached hydrogen (secondary N) is 1. The van der Waals surface area contributed by atoms with Gasteiger partial charge in [0.2, 0.25) is 0 Å². The Kier molecular flexibility index (Phi) is 2.90. The van der Waals surface area contributed by atoms with Crippen LogP contribution in [0.3, 0.4) is 0 Å². The molecule has 0 saturated heterocycles. The summed E-state index contributed by atoms with van der Waals surface area (Å²) in [6, 6.07) is 13.6. The molecule has 0 radical (unpaired) electrons. The zero-order chi connectivity index (χ0) is 15.3. The highest BCUT2D eigenvalue weighted by Crippen LogP contribution is 2.35. The van der Waals surface area contributed by atoms with Crippen LogP contribution >= 0.6 is 15.9 Å². The molecule has 2 aromatic heterocycles. The summed E-state index contributed by atoms with van der Waals surface area (Å²) in [5.41, 5.74) is 3.52. The van der Waals surface area contributed by atoms with Gasteiger partial charge in [-0.05, 0) is 46.4 Å². The maximum atomic E-state index is 9.70. The van der Waals surface area contributed by atoms with Crippen molar-refractivity contribution < 1.29 is 5.11 Å². The average molecular weight is 354 g/mol. The maximum absolute atomic E-state index is 9.70. The predicted molar refractivity (Wildman–Crippen MR) is 90.9 cm³/mol. The van der Waals surface area contributed by atoms with Gasteiger partial charge in [-0.25, -0.2) is 4.98 Å². The van der Waals surface area contributed by atoms with Crippen molar-refractivity contribution in [3.05, 3.63) is 52.6 Å². The number of fused-ring (bicyclic) bond motifs is 3. The molecular weight excluding hydrogens is 342 g/mol. The summed E-state index contributed by atoms with van der Waals surface area (Å²) in [6.07, 6.45) is 0. The van der Waals surface area contributed by atoms with Crippen molar-refractivity contribution in [3.63, 3.8) is 0 Å². The van der Waals surface area contributed by atoms with Crippen molar-refractivity contribution >= 4 is 37.7 Å². The molecular formula is C17H12BrN3O. The molecule has 4 rings (SSSR count). The number of H-pyrrole nitrogens is 1. The van der Waals surface area contributed by atoms with Gasteiger partial charge in [0.05, 0.1) is 15.9 Å². The second kappa shape index (κ2) is 4.81. The maximum Gasteiger partial charge on any atom is 0.156 e. The lowest BCUT2D eigenvalue weighted by atomic mass is 10.0. The number of pyridine rings is 1. The molecule has 0 aliphatic heterocycles. The summed E-state index contributed by atoms with van der Waals surface area (Å²) in [4.78, 5) is 4.74. The Bertz CT molecular complexity index is 1020. The zero-order valence-corrected chi connectivity index (χ0v) is 13.3. The van der Waals surface area contributed by atoms with E-state index in [-0.39, 0.29) is 5.75 Å². The van der Waals surface area contributed by atoms with Crippen LogP contribution in [-0.4, -0.2) is 20.3 Å². The first-order chi connectivity index (χ1) is 10.6. The van der Waals surface area contributed by atoms with Gasteiger partial charge in [0, 0.05) is 16.3 Å². The minimum absolute atomic E-state index is 0.214. The van der Waals surface area contributed by atoms with E-state index in [4.69, 9.17) is 4.98 Å². The number of phenols is 1. The fourth-order valence-electron chi connectivity index (χ4n) is 2.78. The van der Waals surface area contributed by atoms with Crippen molar-refractivity contribution in [1.29, 1.82) is 0 Å². The second-order valence-corrected chi connectivity index (χ2v) is 6.06. The van der Waals surface area contributed by atoms with Crippen molar-refractivity contribution in [2.75, 3.05) is 0 Å². The summed E-state index contributed by atoms with van der Waals surface area (Å²) in [6.45, 7) is 1.98. The first kappa shape index (κ1) is 13.3. The molecule has 0 atom stereocenters. The van der Waals surface area contributed by atoms with Gasteiger partial charge >= 0.3 is 0 Å². The number of benzene rings is 2. The quantitative estimate of drug-likeness (QED) is 0.527. The van der Waals surface area contributed by atoms with Gasteiger partial charge in [-0.15, -0.1) is 0 Å². The van der Waals surface area contributed by atoms with Gasteiger partial charge in [0.15, 0.2) is 5.65 Å². The highest BCUT2D eigenvalue weighted by Gasteiger charge is 2.14. The minimum Gasteiger partial charge on any atom is -0.507 e. The Morgan fingerprint density at radius 1 is 1.09 bits per heavy atom. The largest absolute Gasteiger partial charge is 0.507 e. The van der Waals surface area contributed by atoms with E-state index in [0.717, 1.165) is 38.8 Å². The standard InChI is InChI=1S/C17H12BrN3O/c1-9-15-11-4-2-3-5-12(11)16(19-17(15)21-20-9)10-6-7-14(22)13(18)8-10/h2-8,22H,1H3,(H,19,20,21). The molecule has 0 unspecified atom stereocenters. The van der Waals surface area contributed by atoms with Crippen molar-refractivity contribution in [1.82, 2.24) is 15.2 Å². The molecule has 108 valence electrons. The number of phenolic OH excluding ortho intramolecular Hbond substituents is 1. The van der Waals surface area contributed by atoms with Crippen molar-refractivity contribution in [2.24, 2.45) is 0 Å². The van der Waals surface area contributed by atoms with Gasteiger partial charge in [0.1, 0.15) is 5.75 Å². The molecule has 4 nitrogen and oxygen atoms in total. The van der Waals surface area contributed by atoms with Crippen molar-refractivity contribution in [3.8, 4) is 17.0 Å². The molecule has 2 heterocycles. The zero-order valence-electron chi connectivity index (χ0n) is 11.8. The van der Waals surface area contributed by atoms with Crippen LogP contribution in [0.2, 0.25) is 0 Å². The summed E-state index contributed by atoms with van der Waals surface area (Å²) < 4.78 is 0.650. The summed E-state index contributed by atoms with van der Waals surface area (Å²) >= 11 is 3.36. The third-order valence-electron chi connectivity index (χ3n) is 3.82. The molecule has 0 aliphatic carbocycles. The van der Waals surface area contributed by atoms with E-state index in [1.54, 1.807) is 6.07 Å². The SMILES string of the molecule is Cc1n[nH]c2nc(-c3ccc(O)c(Br)c3)c3ccccc3c12. The number of aromatic amines is 1. The number of hydrogen-bond donors (Lipinski definition) is 2. The lowest BCUT2D eigenvalue weighted by Crippen LogP contribution is -1.89. The van der Waals surface area contributed by atoms with Crippen LogP contribution in [0.25, 0.3) is 33.1 Å². The lowest BCUT2D eigenvalue weighted by Gasteiger charge is -2.08. The van der Waals surface area contributed by atoms with E-state index in [1.165, 1.54) is 0 Å². The number of halogens is 1. The third-order valence-corrected chi connectivity index (χ3v) is 4.46. The first-order valence-corrected chi connectivity index (χ1v) is 7.67. The molecule has 0 spiro atoms. The molecule has 5 heteroatoms. The topological polar surface area (TPSA) is 61.8 Å². The van der Waals surface area contributed by atoms with Crippen LogP contribution in [0.5, 0.6) is 5.75 Å². The number of aromatic hydroxyl groups is 1. The van der Waals surface area contributed by atoms with E-state index in [0.29, 0.717) is 4.47 Å². The number of hydrogen-bond acceptors (Lipinski definition) is 3. The third kappa shape index (κ3) is 1.89. The molecule has 0 saturated carbocycles. The molecule has 2 N–H and O–H groups in total. The van der Waals surface area contributed by atoms with E-state index < -0.39 is 0 Å².